The van der Waals surface area contributed by atoms with Gasteiger partial charge in [-0.05, 0) is 0 Å². The molecule has 15 heavy (non-hydrogen) atoms. The van der Waals surface area contributed by atoms with E-state index in [0.717, 1.165) is 5.76 Å². The standard InChI is InChI=1S/C11H11O.2ClH.Zr/c1-8-6-9(2)10(7-8)11-4-3-5-12-11;;;/h3-6,8H,1-2H3;2*1H;/q;;;+2/p-2. The van der Waals surface area contributed by atoms with Crippen molar-refractivity contribution >= 4 is 5.57 Å². The molecule has 0 aromatic carbocycles. The number of rotatable bonds is 1. The van der Waals surface area contributed by atoms with Crippen molar-refractivity contribution in [2.75, 3.05) is 0 Å². The average Bonchev–Trinajstić information content (AvgIpc) is 2.63. The maximum Gasteiger partial charge on any atom is -1.00 e. The summed E-state index contributed by atoms with van der Waals surface area (Å²) >= 11 is 1.49. The summed E-state index contributed by atoms with van der Waals surface area (Å²) in [5.41, 5.74) is 2.69. The molecule has 1 unspecified atom stereocenters. The maximum absolute atomic E-state index is 5.42. The number of halogens is 2. The van der Waals surface area contributed by atoms with Crippen LogP contribution in [0.5, 0.6) is 0 Å². The van der Waals surface area contributed by atoms with Crippen molar-refractivity contribution in [1.29, 1.82) is 0 Å². The van der Waals surface area contributed by atoms with Crippen LogP contribution < -0.4 is 24.8 Å². The Morgan fingerprint density at radius 3 is 2.40 bits per heavy atom. The summed E-state index contributed by atoms with van der Waals surface area (Å²) in [6.45, 7) is 4.40. The predicted octanol–water partition coefficient (Wildman–Crippen LogP) is -2.86. The van der Waals surface area contributed by atoms with E-state index in [1.807, 2.05) is 12.1 Å². The van der Waals surface area contributed by atoms with Gasteiger partial charge in [0.15, 0.2) is 0 Å². The van der Waals surface area contributed by atoms with Crippen LogP contribution in [-0.2, 0) is 24.7 Å². The fourth-order valence-electron chi connectivity index (χ4n) is 1.73. The van der Waals surface area contributed by atoms with Crippen molar-refractivity contribution < 1.29 is 54.0 Å². The minimum Gasteiger partial charge on any atom is -1.00 e. The Labute approximate surface area is 118 Å². The van der Waals surface area contributed by atoms with Crippen LogP contribution in [0.4, 0.5) is 0 Å². The van der Waals surface area contributed by atoms with E-state index in [1.165, 1.54) is 39.1 Å². The molecule has 0 amide bonds. The van der Waals surface area contributed by atoms with Gasteiger partial charge in [-0.3, -0.25) is 0 Å². The third kappa shape index (κ3) is 2.87. The van der Waals surface area contributed by atoms with E-state index in [-0.39, 0.29) is 24.8 Å². The van der Waals surface area contributed by atoms with Gasteiger partial charge in [-0.1, -0.05) is 0 Å². The van der Waals surface area contributed by atoms with Gasteiger partial charge >= 0.3 is 93.6 Å². The van der Waals surface area contributed by atoms with Crippen LogP contribution in [0.25, 0.3) is 5.57 Å². The van der Waals surface area contributed by atoms with Crippen molar-refractivity contribution in [3.8, 4) is 0 Å². The molecule has 0 fully saturated rings. The van der Waals surface area contributed by atoms with Gasteiger partial charge in [-0.25, -0.2) is 0 Å². The van der Waals surface area contributed by atoms with Crippen LogP contribution >= 0.6 is 0 Å². The largest absolute Gasteiger partial charge is 1.00 e. The van der Waals surface area contributed by atoms with Crippen LogP contribution in [0.1, 0.15) is 19.6 Å². The molecule has 0 N–H and O–H groups in total. The van der Waals surface area contributed by atoms with Gasteiger partial charge in [-0.2, -0.15) is 0 Å². The molecule has 1 aliphatic rings. The Bertz CT molecular complexity index is 379. The molecule has 1 aromatic rings. The summed E-state index contributed by atoms with van der Waals surface area (Å²) in [7, 11) is 0. The van der Waals surface area contributed by atoms with Crippen LogP contribution in [-0.4, -0.2) is 0 Å². The quantitative estimate of drug-likeness (QED) is 0.543. The molecule has 2 rings (SSSR count). The fraction of sp³-hybridized carbons (Fsp3) is 0.273. The van der Waals surface area contributed by atoms with Gasteiger partial charge in [0.05, 0.1) is 0 Å². The first-order chi connectivity index (χ1) is 6.20. The van der Waals surface area contributed by atoms with E-state index < -0.39 is 0 Å². The number of hydrogen-bond donors (Lipinski definition) is 0. The topological polar surface area (TPSA) is 13.1 Å². The van der Waals surface area contributed by atoms with Crippen molar-refractivity contribution in [3.63, 3.8) is 0 Å². The number of allylic oxidation sites excluding steroid dienone is 4. The Morgan fingerprint density at radius 1 is 1.33 bits per heavy atom. The predicted molar refractivity (Wildman–Crippen MR) is 48.5 cm³/mol. The van der Waals surface area contributed by atoms with Crippen LogP contribution in [0.3, 0.4) is 0 Å². The van der Waals surface area contributed by atoms with Gasteiger partial charge < -0.3 is 24.8 Å². The molecule has 0 bridgehead atoms. The van der Waals surface area contributed by atoms with Crippen LogP contribution in [0.15, 0.2) is 37.7 Å². The zero-order valence-electron chi connectivity index (χ0n) is 8.55. The van der Waals surface area contributed by atoms with E-state index in [9.17, 15) is 0 Å². The maximum atomic E-state index is 5.42. The summed E-state index contributed by atoms with van der Waals surface area (Å²) in [5, 5.41) is 0. The minimum atomic E-state index is 0. The summed E-state index contributed by atoms with van der Waals surface area (Å²) in [4.78, 5) is 0. The smallest absolute Gasteiger partial charge is 1.00 e. The SMILES string of the molecule is CC1=CC(C)[C]([Zr+2])=C1c1ccco1.[Cl-].[Cl-]. The summed E-state index contributed by atoms with van der Waals surface area (Å²) in [6, 6.07) is 3.98. The van der Waals surface area contributed by atoms with Crippen LogP contribution in [0.2, 0.25) is 0 Å². The second-order valence-corrected chi connectivity index (χ2v) is 4.73. The van der Waals surface area contributed by atoms with Gasteiger partial charge in [0.2, 0.25) is 0 Å². The monoisotopic (exact) mass is 319 g/mol. The molecule has 0 spiro atoms. The first-order valence-corrected chi connectivity index (χ1v) is 5.61. The molecule has 1 heterocycles. The third-order valence-corrected chi connectivity index (χ3v) is 4.12. The third-order valence-electron chi connectivity index (χ3n) is 2.39. The van der Waals surface area contributed by atoms with E-state index in [0.29, 0.717) is 5.92 Å². The Morgan fingerprint density at radius 2 is 2.00 bits per heavy atom. The summed E-state index contributed by atoms with van der Waals surface area (Å²) < 4.78 is 6.92. The van der Waals surface area contributed by atoms with E-state index in [4.69, 9.17) is 4.42 Å². The van der Waals surface area contributed by atoms with Crippen molar-refractivity contribution in [2.45, 2.75) is 13.8 Å². The van der Waals surface area contributed by atoms with E-state index in [1.54, 1.807) is 6.26 Å². The molecule has 1 nitrogen and oxygen atoms in total. The molecule has 4 heteroatoms. The molecule has 1 atom stereocenters. The number of furan rings is 1. The Balaban J connectivity index is 0.000000980. The first-order valence-electron chi connectivity index (χ1n) is 4.38. The van der Waals surface area contributed by atoms with Crippen molar-refractivity contribution in [1.82, 2.24) is 0 Å². The second-order valence-electron chi connectivity index (χ2n) is 3.40. The van der Waals surface area contributed by atoms with Gasteiger partial charge in [0.1, 0.15) is 0 Å². The molecule has 79 valence electrons. The molecular weight excluding hydrogens is 310 g/mol. The molecule has 1 aliphatic carbocycles. The summed E-state index contributed by atoms with van der Waals surface area (Å²) in [5.74, 6) is 1.61. The van der Waals surface area contributed by atoms with Gasteiger partial charge in [-0.15, -0.1) is 0 Å². The second kappa shape index (κ2) is 6.08. The van der Waals surface area contributed by atoms with E-state index in [2.05, 4.69) is 19.9 Å². The molecule has 0 saturated carbocycles. The van der Waals surface area contributed by atoms with Gasteiger partial charge in [0, 0.05) is 0 Å². The zero-order chi connectivity index (χ0) is 9.42. The molecule has 1 aromatic heterocycles. The van der Waals surface area contributed by atoms with Crippen molar-refractivity contribution in [3.05, 3.63) is 39.1 Å². The van der Waals surface area contributed by atoms with Crippen molar-refractivity contribution in [2.24, 2.45) is 5.92 Å². The summed E-state index contributed by atoms with van der Waals surface area (Å²) in [6.07, 6.45) is 4.05. The first kappa shape index (κ1) is 15.2. The molecule has 0 radical (unpaired) electrons. The zero-order valence-corrected chi connectivity index (χ0v) is 12.5. The molecule has 0 saturated heterocycles. The van der Waals surface area contributed by atoms with E-state index >= 15 is 0 Å². The molecule has 0 aliphatic heterocycles. The Kier molecular flexibility index (Phi) is 6.17. The number of hydrogen-bond acceptors (Lipinski definition) is 1. The molecular formula is C11H11Cl2OZr. The van der Waals surface area contributed by atoms with Gasteiger partial charge in [0.25, 0.3) is 0 Å². The minimum absolute atomic E-state index is 0. The Hall–Kier alpha value is 0.223. The fourth-order valence-corrected chi connectivity index (χ4v) is 2.72. The normalized spacial score (nSPS) is 19.5. The average molecular weight is 321 g/mol. The van der Waals surface area contributed by atoms with Crippen LogP contribution in [0, 0.1) is 5.92 Å².